The maximum atomic E-state index is 11.8. The SMILES string of the molecule is Cn1nc(C(N)=O)[c]c1C(=O)NCC(F)(F)F. The number of hydrogen-bond acceptors (Lipinski definition) is 3. The first-order chi connectivity index (χ1) is 7.70. The summed E-state index contributed by atoms with van der Waals surface area (Å²) in [7, 11) is 1.28. The van der Waals surface area contributed by atoms with Gasteiger partial charge < -0.3 is 11.1 Å². The van der Waals surface area contributed by atoms with Crippen LogP contribution >= 0.6 is 0 Å². The van der Waals surface area contributed by atoms with Crippen LogP contribution < -0.4 is 11.1 Å². The van der Waals surface area contributed by atoms with Crippen LogP contribution in [0.4, 0.5) is 13.2 Å². The van der Waals surface area contributed by atoms with E-state index in [2.05, 4.69) is 11.2 Å². The van der Waals surface area contributed by atoms with Crippen LogP contribution in [0, 0.1) is 6.07 Å². The van der Waals surface area contributed by atoms with Crippen molar-refractivity contribution in [1.82, 2.24) is 15.1 Å². The van der Waals surface area contributed by atoms with Gasteiger partial charge in [-0.1, -0.05) is 0 Å². The van der Waals surface area contributed by atoms with E-state index in [1.165, 1.54) is 7.05 Å². The van der Waals surface area contributed by atoms with Gasteiger partial charge in [-0.25, -0.2) is 0 Å². The van der Waals surface area contributed by atoms with Gasteiger partial charge in [0.05, 0.1) is 6.07 Å². The van der Waals surface area contributed by atoms with Crippen molar-refractivity contribution in [3.8, 4) is 0 Å². The van der Waals surface area contributed by atoms with E-state index in [9.17, 15) is 22.8 Å². The standard InChI is InChI=1S/C8H8F3N4O2/c1-15-5(2-4(14-15)6(12)16)7(17)13-3-8(9,10)11/h3H2,1H3,(H2,12,16)(H,13,17). The lowest BCUT2D eigenvalue weighted by Gasteiger charge is -2.07. The maximum Gasteiger partial charge on any atom is 0.405 e. The lowest BCUT2D eigenvalue weighted by molar-refractivity contribution is -0.123. The Morgan fingerprint density at radius 1 is 1.53 bits per heavy atom. The van der Waals surface area contributed by atoms with Crippen LogP contribution in [0.2, 0.25) is 0 Å². The number of nitrogens with zero attached hydrogens (tertiary/aromatic N) is 2. The Morgan fingerprint density at radius 2 is 2.12 bits per heavy atom. The number of carbonyl (C=O) groups is 2. The summed E-state index contributed by atoms with van der Waals surface area (Å²) in [5.74, 6) is -1.96. The van der Waals surface area contributed by atoms with Gasteiger partial charge in [0.15, 0.2) is 5.69 Å². The quantitative estimate of drug-likeness (QED) is 0.764. The Balaban J connectivity index is 2.79. The van der Waals surface area contributed by atoms with Gasteiger partial charge in [0, 0.05) is 7.05 Å². The number of amides is 2. The highest BCUT2D eigenvalue weighted by Gasteiger charge is 2.28. The summed E-state index contributed by atoms with van der Waals surface area (Å²) in [4.78, 5) is 22.0. The van der Waals surface area contributed by atoms with Crippen molar-refractivity contribution in [1.29, 1.82) is 0 Å². The first kappa shape index (κ1) is 13.0. The van der Waals surface area contributed by atoms with E-state index in [1.807, 2.05) is 0 Å². The molecule has 93 valence electrons. The van der Waals surface area contributed by atoms with E-state index < -0.39 is 24.5 Å². The first-order valence-corrected chi connectivity index (χ1v) is 4.32. The fourth-order valence-electron chi connectivity index (χ4n) is 0.997. The molecule has 0 aliphatic heterocycles. The molecule has 1 aromatic rings. The van der Waals surface area contributed by atoms with Crippen molar-refractivity contribution in [2.24, 2.45) is 12.8 Å². The minimum absolute atomic E-state index is 0.303. The molecule has 1 rings (SSSR count). The number of halogens is 3. The number of rotatable bonds is 3. The molecule has 0 saturated heterocycles. The predicted molar refractivity (Wildman–Crippen MR) is 49.0 cm³/mol. The summed E-state index contributed by atoms with van der Waals surface area (Å²) in [5, 5.41) is 5.14. The summed E-state index contributed by atoms with van der Waals surface area (Å²) in [5.41, 5.74) is 4.26. The summed E-state index contributed by atoms with van der Waals surface area (Å²) >= 11 is 0. The van der Waals surface area contributed by atoms with Gasteiger partial charge in [0.1, 0.15) is 12.2 Å². The minimum Gasteiger partial charge on any atom is -0.364 e. The Bertz CT molecular complexity index is 452. The predicted octanol–water partition coefficient (Wildman–Crippen LogP) is -0.389. The largest absolute Gasteiger partial charge is 0.405 e. The van der Waals surface area contributed by atoms with Crippen molar-refractivity contribution in [3.05, 3.63) is 17.5 Å². The average molecular weight is 249 g/mol. The number of carbonyl (C=O) groups excluding carboxylic acids is 2. The molecule has 0 aliphatic rings. The van der Waals surface area contributed by atoms with E-state index in [1.54, 1.807) is 5.32 Å². The fourth-order valence-corrected chi connectivity index (χ4v) is 0.997. The van der Waals surface area contributed by atoms with Gasteiger partial charge in [0.2, 0.25) is 0 Å². The van der Waals surface area contributed by atoms with Crippen LogP contribution in [0.15, 0.2) is 0 Å². The second kappa shape index (κ2) is 4.44. The number of aryl methyl sites for hydroxylation is 1. The maximum absolute atomic E-state index is 11.8. The van der Waals surface area contributed by atoms with E-state index >= 15 is 0 Å². The molecule has 1 heterocycles. The van der Waals surface area contributed by atoms with Crippen LogP contribution in [0.25, 0.3) is 0 Å². The minimum atomic E-state index is -4.51. The van der Waals surface area contributed by atoms with Crippen LogP contribution in [0.3, 0.4) is 0 Å². The van der Waals surface area contributed by atoms with Crippen LogP contribution in [0.1, 0.15) is 21.0 Å². The van der Waals surface area contributed by atoms with Gasteiger partial charge in [0.25, 0.3) is 11.8 Å². The molecule has 9 heteroatoms. The van der Waals surface area contributed by atoms with Crippen molar-refractivity contribution >= 4 is 11.8 Å². The van der Waals surface area contributed by atoms with Gasteiger partial charge in [-0.3, -0.25) is 14.3 Å². The second-order valence-electron chi connectivity index (χ2n) is 3.11. The zero-order valence-electron chi connectivity index (χ0n) is 8.63. The monoisotopic (exact) mass is 249 g/mol. The lowest BCUT2D eigenvalue weighted by atomic mass is 10.3. The van der Waals surface area contributed by atoms with Gasteiger partial charge in [-0.2, -0.15) is 18.3 Å². The third kappa shape index (κ3) is 3.47. The molecule has 6 nitrogen and oxygen atoms in total. The lowest BCUT2D eigenvalue weighted by Crippen LogP contribution is -2.34. The molecule has 0 saturated carbocycles. The third-order valence-corrected chi connectivity index (χ3v) is 1.71. The van der Waals surface area contributed by atoms with E-state index in [4.69, 9.17) is 5.73 Å². The molecule has 0 bridgehead atoms. The zero-order valence-corrected chi connectivity index (χ0v) is 8.63. The number of nitrogens with one attached hydrogen (secondary N) is 1. The highest BCUT2D eigenvalue weighted by molar-refractivity contribution is 5.96. The molecule has 2 amide bonds. The van der Waals surface area contributed by atoms with Gasteiger partial charge >= 0.3 is 6.18 Å². The molecule has 3 N–H and O–H groups in total. The topological polar surface area (TPSA) is 90.0 Å². The highest BCUT2D eigenvalue weighted by Crippen LogP contribution is 2.12. The summed E-state index contributed by atoms with van der Waals surface area (Å²) in [6.07, 6.45) is -4.51. The number of nitrogens with two attached hydrogens (primary N) is 1. The average Bonchev–Trinajstić information content (AvgIpc) is 2.56. The molecule has 0 aliphatic carbocycles. The smallest absolute Gasteiger partial charge is 0.364 e. The number of alkyl halides is 3. The number of hydrogen-bond donors (Lipinski definition) is 2. The summed E-state index contributed by atoms with van der Waals surface area (Å²) in [6.45, 7) is -1.48. The van der Waals surface area contributed by atoms with Crippen molar-refractivity contribution in [2.45, 2.75) is 6.18 Å². The van der Waals surface area contributed by atoms with E-state index in [0.717, 1.165) is 4.68 Å². The molecule has 0 spiro atoms. The molecular formula is C8H8F3N4O2. The molecule has 0 fully saturated rings. The van der Waals surface area contributed by atoms with E-state index in [-0.39, 0.29) is 11.4 Å². The Labute approximate surface area is 93.6 Å². The molecule has 1 aromatic heterocycles. The Morgan fingerprint density at radius 3 is 2.53 bits per heavy atom. The molecule has 0 atom stereocenters. The highest BCUT2D eigenvalue weighted by atomic mass is 19.4. The molecule has 0 aromatic carbocycles. The molecular weight excluding hydrogens is 241 g/mol. The summed E-state index contributed by atoms with van der Waals surface area (Å²) in [6, 6.07) is 2.21. The Kier molecular flexibility index (Phi) is 3.39. The van der Waals surface area contributed by atoms with Crippen LogP contribution in [-0.4, -0.2) is 34.3 Å². The zero-order chi connectivity index (χ0) is 13.2. The normalized spacial score (nSPS) is 11.3. The molecule has 1 radical (unpaired) electrons. The molecule has 17 heavy (non-hydrogen) atoms. The fraction of sp³-hybridized carbons (Fsp3) is 0.375. The van der Waals surface area contributed by atoms with Crippen molar-refractivity contribution in [2.75, 3.05) is 6.54 Å². The third-order valence-electron chi connectivity index (χ3n) is 1.71. The van der Waals surface area contributed by atoms with Gasteiger partial charge in [-0.05, 0) is 0 Å². The molecule has 0 unspecified atom stereocenters. The second-order valence-corrected chi connectivity index (χ2v) is 3.11. The number of aromatic nitrogens is 2. The Hall–Kier alpha value is -2.06. The van der Waals surface area contributed by atoms with Crippen LogP contribution in [-0.2, 0) is 7.05 Å². The van der Waals surface area contributed by atoms with Crippen molar-refractivity contribution < 1.29 is 22.8 Å². The van der Waals surface area contributed by atoms with Gasteiger partial charge in [-0.15, -0.1) is 0 Å². The summed E-state index contributed by atoms with van der Waals surface area (Å²) < 4.78 is 36.5. The van der Waals surface area contributed by atoms with Crippen molar-refractivity contribution in [3.63, 3.8) is 0 Å². The van der Waals surface area contributed by atoms with Crippen LogP contribution in [0.5, 0.6) is 0 Å². The first-order valence-electron chi connectivity index (χ1n) is 4.32. The van der Waals surface area contributed by atoms with E-state index in [0.29, 0.717) is 0 Å². The number of primary amides is 1.